The van der Waals surface area contributed by atoms with Gasteiger partial charge in [0, 0.05) is 12.0 Å². The number of methoxy groups -OCH3 is 1. The zero-order valence-electron chi connectivity index (χ0n) is 11.1. The predicted molar refractivity (Wildman–Crippen MR) is 71.6 cm³/mol. The molecule has 114 valence electrons. The van der Waals surface area contributed by atoms with Crippen molar-refractivity contribution in [2.75, 3.05) is 7.11 Å². The van der Waals surface area contributed by atoms with Crippen LogP contribution in [0.25, 0.3) is 0 Å². The number of carbonyl (C=O) groups excluding carboxylic acids is 2. The predicted octanol–water partition coefficient (Wildman–Crippen LogP) is 1.62. The lowest BCUT2D eigenvalue weighted by atomic mass is 10.1. The second-order valence-corrected chi connectivity index (χ2v) is 4.52. The van der Waals surface area contributed by atoms with Crippen molar-refractivity contribution in [1.29, 1.82) is 0 Å². The molecule has 0 saturated heterocycles. The van der Waals surface area contributed by atoms with Crippen LogP contribution in [0.2, 0.25) is 5.02 Å². The molecular formula is C13H13ClFNO5. The van der Waals surface area contributed by atoms with Gasteiger partial charge in [-0.2, -0.15) is 0 Å². The summed E-state index contributed by atoms with van der Waals surface area (Å²) in [4.78, 5) is 33.9. The minimum absolute atomic E-state index is 0.0192. The highest BCUT2D eigenvalue weighted by atomic mass is 35.5. The minimum Gasteiger partial charge on any atom is -0.480 e. The molecule has 0 unspecified atom stereocenters. The Morgan fingerprint density at radius 3 is 2.62 bits per heavy atom. The average molecular weight is 318 g/mol. The number of halogens is 2. The van der Waals surface area contributed by atoms with E-state index in [2.05, 4.69) is 10.1 Å². The van der Waals surface area contributed by atoms with Crippen LogP contribution in [-0.2, 0) is 14.3 Å². The summed E-state index contributed by atoms with van der Waals surface area (Å²) in [5.74, 6) is -3.29. The highest BCUT2D eigenvalue weighted by Gasteiger charge is 2.22. The average Bonchev–Trinajstić information content (AvgIpc) is 2.45. The molecule has 0 spiro atoms. The zero-order valence-corrected chi connectivity index (χ0v) is 11.8. The zero-order chi connectivity index (χ0) is 16.0. The summed E-state index contributed by atoms with van der Waals surface area (Å²) in [7, 11) is 1.18. The number of ether oxygens (including phenoxy) is 1. The molecule has 0 radical (unpaired) electrons. The maximum Gasteiger partial charge on any atom is 0.326 e. The monoisotopic (exact) mass is 317 g/mol. The molecule has 0 aliphatic carbocycles. The lowest BCUT2D eigenvalue weighted by molar-refractivity contribution is -0.142. The van der Waals surface area contributed by atoms with Gasteiger partial charge < -0.3 is 15.2 Å². The molecule has 6 nitrogen and oxygen atoms in total. The van der Waals surface area contributed by atoms with Gasteiger partial charge in [-0.05, 0) is 24.6 Å². The maximum absolute atomic E-state index is 13.0. The molecule has 0 aliphatic rings. The van der Waals surface area contributed by atoms with Crippen LogP contribution in [0.15, 0.2) is 18.2 Å². The number of esters is 1. The van der Waals surface area contributed by atoms with E-state index in [-0.39, 0.29) is 23.4 Å². The number of carboxylic acid groups (broad SMARTS) is 1. The number of hydrogen-bond acceptors (Lipinski definition) is 4. The Hall–Kier alpha value is -2.15. The number of carbonyl (C=O) groups is 3. The van der Waals surface area contributed by atoms with Crippen molar-refractivity contribution >= 4 is 29.4 Å². The van der Waals surface area contributed by atoms with Crippen LogP contribution in [0.1, 0.15) is 23.2 Å². The van der Waals surface area contributed by atoms with Crippen molar-refractivity contribution in [3.05, 3.63) is 34.6 Å². The summed E-state index contributed by atoms with van der Waals surface area (Å²) >= 11 is 5.55. The van der Waals surface area contributed by atoms with Gasteiger partial charge in [-0.3, -0.25) is 9.59 Å². The standard InChI is InChI=1S/C13H13ClFNO5/c1-21-11(17)5-4-10(13(19)20)16-12(18)7-2-3-9(15)8(14)6-7/h2-3,6,10H,4-5H2,1H3,(H,16,18)(H,19,20)/t10-/m1/s1. The first kappa shape index (κ1) is 16.9. The lowest BCUT2D eigenvalue weighted by Gasteiger charge is -2.14. The van der Waals surface area contributed by atoms with Gasteiger partial charge in [0.1, 0.15) is 11.9 Å². The summed E-state index contributed by atoms with van der Waals surface area (Å²) in [6.45, 7) is 0. The molecule has 1 amide bonds. The topological polar surface area (TPSA) is 92.7 Å². The number of aliphatic carboxylic acids is 1. The largest absolute Gasteiger partial charge is 0.480 e. The second-order valence-electron chi connectivity index (χ2n) is 4.11. The SMILES string of the molecule is COC(=O)CC[C@@H](NC(=O)c1ccc(F)c(Cl)c1)C(=O)O. The minimum atomic E-state index is -1.29. The Kier molecular flexibility index (Phi) is 6.10. The fourth-order valence-corrected chi connectivity index (χ4v) is 1.68. The summed E-state index contributed by atoms with van der Waals surface area (Å²) in [6, 6.07) is 2.00. The van der Waals surface area contributed by atoms with E-state index in [1.165, 1.54) is 13.2 Å². The van der Waals surface area contributed by atoms with Crippen LogP contribution in [0, 0.1) is 5.82 Å². The van der Waals surface area contributed by atoms with Gasteiger partial charge in [-0.1, -0.05) is 11.6 Å². The number of benzene rings is 1. The fraction of sp³-hybridized carbons (Fsp3) is 0.308. The van der Waals surface area contributed by atoms with Crippen molar-refractivity contribution < 1.29 is 28.6 Å². The summed E-state index contributed by atoms with van der Waals surface area (Å²) < 4.78 is 17.4. The summed E-state index contributed by atoms with van der Waals surface area (Å²) in [5, 5.41) is 11.0. The summed E-state index contributed by atoms with van der Waals surface area (Å²) in [5.41, 5.74) is 0.0192. The summed E-state index contributed by atoms with van der Waals surface area (Å²) in [6.07, 6.45) is -0.277. The van der Waals surface area contributed by atoms with E-state index in [0.29, 0.717) is 0 Å². The van der Waals surface area contributed by atoms with Gasteiger partial charge in [-0.15, -0.1) is 0 Å². The Labute approximate surface area is 124 Å². The van der Waals surface area contributed by atoms with Gasteiger partial charge in [0.05, 0.1) is 12.1 Å². The Morgan fingerprint density at radius 1 is 1.43 bits per heavy atom. The van der Waals surface area contributed by atoms with E-state index < -0.39 is 29.7 Å². The molecule has 0 bridgehead atoms. The quantitative estimate of drug-likeness (QED) is 0.778. The van der Waals surface area contributed by atoms with Gasteiger partial charge in [-0.25, -0.2) is 9.18 Å². The van der Waals surface area contributed by atoms with Crippen LogP contribution in [0.5, 0.6) is 0 Å². The molecule has 1 aromatic carbocycles. The molecule has 1 atom stereocenters. The highest BCUT2D eigenvalue weighted by Crippen LogP contribution is 2.16. The van der Waals surface area contributed by atoms with E-state index in [9.17, 15) is 18.8 Å². The van der Waals surface area contributed by atoms with Crippen LogP contribution in [0.3, 0.4) is 0 Å². The van der Waals surface area contributed by atoms with E-state index >= 15 is 0 Å². The van der Waals surface area contributed by atoms with Gasteiger partial charge in [0.25, 0.3) is 5.91 Å². The van der Waals surface area contributed by atoms with E-state index in [1.54, 1.807) is 0 Å². The van der Waals surface area contributed by atoms with Crippen LogP contribution >= 0.6 is 11.6 Å². The number of amides is 1. The third kappa shape index (κ3) is 5.03. The van der Waals surface area contributed by atoms with Gasteiger partial charge in [0.2, 0.25) is 0 Å². The molecule has 1 aromatic rings. The van der Waals surface area contributed by atoms with Crippen molar-refractivity contribution in [1.82, 2.24) is 5.32 Å². The number of rotatable bonds is 6. The molecule has 2 N–H and O–H groups in total. The molecule has 8 heteroatoms. The first-order valence-corrected chi connectivity index (χ1v) is 6.28. The molecular weight excluding hydrogens is 305 g/mol. The van der Waals surface area contributed by atoms with Crippen LogP contribution in [-0.4, -0.2) is 36.1 Å². The molecule has 21 heavy (non-hydrogen) atoms. The van der Waals surface area contributed by atoms with E-state index in [0.717, 1.165) is 12.1 Å². The molecule has 0 saturated carbocycles. The smallest absolute Gasteiger partial charge is 0.326 e. The van der Waals surface area contributed by atoms with Crippen molar-refractivity contribution in [3.8, 4) is 0 Å². The number of hydrogen-bond donors (Lipinski definition) is 2. The van der Waals surface area contributed by atoms with Crippen molar-refractivity contribution in [2.45, 2.75) is 18.9 Å². The van der Waals surface area contributed by atoms with E-state index in [4.69, 9.17) is 16.7 Å². The second kappa shape index (κ2) is 7.58. The number of nitrogens with one attached hydrogen (secondary N) is 1. The first-order valence-electron chi connectivity index (χ1n) is 5.90. The van der Waals surface area contributed by atoms with Gasteiger partial charge >= 0.3 is 11.9 Å². The molecule has 0 aromatic heterocycles. The first-order chi connectivity index (χ1) is 9.85. The van der Waals surface area contributed by atoms with Crippen LogP contribution < -0.4 is 5.32 Å². The number of carboxylic acids is 1. The third-order valence-corrected chi connectivity index (χ3v) is 2.94. The maximum atomic E-state index is 13.0. The highest BCUT2D eigenvalue weighted by molar-refractivity contribution is 6.31. The fourth-order valence-electron chi connectivity index (χ4n) is 1.50. The Bertz CT molecular complexity index is 563. The third-order valence-electron chi connectivity index (χ3n) is 2.65. The van der Waals surface area contributed by atoms with Crippen LogP contribution in [0.4, 0.5) is 4.39 Å². The van der Waals surface area contributed by atoms with E-state index in [1.807, 2.05) is 0 Å². The Morgan fingerprint density at radius 2 is 2.10 bits per heavy atom. The van der Waals surface area contributed by atoms with Gasteiger partial charge in [0.15, 0.2) is 0 Å². The van der Waals surface area contributed by atoms with Crippen molar-refractivity contribution in [2.24, 2.45) is 0 Å². The molecule has 0 fully saturated rings. The normalized spacial score (nSPS) is 11.6. The molecule has 1 rings (SSSR count). The molecule has 0 heterocycles. The van der Waals surface area contributed by atoms with Crippen molar-refractivity contribution in [3.63, 3.8) is 0 Å². The Balaban J connectivity index is 2.74. The lowest BCUT2D eigenvalue weighted by Crippen LogP contribution is -2.41. The molecule has 0 aliphatic heterocycles.